The summed E-state index contributed by atoms with van der Waals surface area (Å²) in [5.41, 5.74) is 8.79. The molecule has 1 heterocycles. The van der Waals surface area contributed by atoms with E-state index < -0.39 is 0 Å². The monoisotopic (exact) mass is 207 g/mol. The molecular formula is C10H13N3S. The summed E-state index contributed by atoms with van der Waals surface area (Å²) in [6.07, 6.45) is 0. The summed E-state index contributed by atoms with van der Waals surface area (Å²) in [5.74, 6) is 0. The zero-order valence-corrected chi connectivity index (χ0v) is 9.35. The number of aromatic nitrogens is 1. The van der Waals surface area contributed by atoms with E-state index in [9.17, 15) is 0 Å². The first kappa shape index (κ1) is 9.27. The predicted molar refractivity (Wildman–Crippen MR) is 63.1 cm³/mol. The van der Waals surface area contributed by atoms with Gasteiger partial charge in [0.2, 0.25) is 0 Å². The highest BCUT2D eigenvalue weighted by atomic mass is 32.1. The minimum atomic E-state index is 0.809. The van der Waals surface area contributed by atoms with Gasteiger partial charge in [0.25, 0.3) is 0 Å². The Hall–Kier alpha value is -1.29. The highest BCUT2D eigenvalue weighted by molar-refractivity contribution is 7.22. The lowest BCUT2D eigenvalue weighted by Crippen LogP contribution is -2.07. The molecule has 0 radical (unpaired) electrons. The molecule has 0 unspecified atom stereocenters. The third-order valence-corrected chi connectivity index (χ3v) is 3.25. The minimum Gasteiger partial charge on any atom is -0.399 e. The molecule has 0 saturated heterocycles. The average Bonchev–Trinajstić information content (AvgIpc) is 2.47. The van der Waals surface area contributed by atoms with Crippen LogP contribution in [0.5, 0.6) is 0 Å². The van der Waals surface area contributed by atoms with Gasteiger partial charge in [-0.25, -0.2) is 4.98 Å². The fraction of sp³-hybridized carbons (Fsp3) is 0.300. The number of aryl methyl sites for hydroxylation is 1. The van der Waals surface area contributed by atoms with Crippen LogP contribution in [0.25, 0.3) is 10.2 Å². The summed E-state index contributed by atoms with van der Waals surface area (Å²) in [6, 6.07) is 3.94. The number of benzene rings is 1. The van der Waals surface area contributed by atoms with Crippen LogP contribution in [0.2, 0.25) is 0 Å². The zero-order chi connectivity index (χ0) is 10.3. The average molecular weight is 207 g/mol. The van der Waals surface area contributed by atoms with Crippen molar-refractivity contribution < 1.29 is 0 Å². The molecule has 0 fully saturated rings. The molecule has 74 valence electrons. The van der Waals surface area contributed by atoms with Gasteiger partial charge in [-0.15, -0.1) is 0 Å². The van der Waals surface area contributed by atoms with Crippen molar-refractivity contribution in [3.63, 3.8) is 0 Å². The Morgan fingerprint density at radius 2 is 2.07 bits per heavy atom. The van der Waals surface area contributed by atoms with Crippen molar-refractivity contribution in [1.29, 1.82) is 0 Å². The van der Waals surface area contributed by atoms with Gasteiger partial charge in [-0.05, 0) is 24.6 Å². The maximum Gasteiger partial charge on any atom is 0.185 e. The Morgan fingerprint density at radius 3 is 2.71 bits per heavy atom. The van der Waals surface area contributed by atoms with Gasteiger partial charge in [0.1, 0.15) is 0 Å². The molecule has 0 bridgehead atoms. The maximum absolute atomic E-state index is 5.78. The van der Waals surface area contributed by atoms with Crippen molar-refractivity contribution >= 4 is 32.4 Å². The number of hydrogen-bond acceptors (Lipinski definition) is 4. The van der Waals surface area contributed by atoms with Crippen LogP contribution in [0.15, 0.2) is 12.1 Å². The third kappa shape index (κ3) is 1.42. The lowest BCUT2D eigenvalue weighted by Gasteiger charge is -2.04. The Balaban J connectivity index is 2.70. The number of thiazole rings is 1. The first-order valence-corrected chi connectivity index (χ1v) is 5.23. The molecule has 14 heavy (non-hydrogen) atoms. The summed E-state index contributed by atoms with van der Waals surface area (Å²) in [4.78, 5) is 6.56. The summed E-state index contributed by atoms with van der Waals surface area (Å²) in [5, 5.41) is 1.02. The summed E-state index contributed by atoms with van der Waals surface area (Å²) in [6.45, 7) is 2.04. The molecule has 1 aromatic carbocycles. The van der Waals surface area contributed by atoms with Gasteiger partial charge in [-0.1, -0.05) is 11.3 Å². The molecule has 0 aliphatic rings. The highest BCUT2D eigenvalue weighted by Gasteiger charge is 2.07. The summed E-state index contributed by atoms with van der Waals surface area (Å²) in [7, 11) is 3.99. The second kappa shape index (κ2) is 3.13. The number of nitrogen functional groups attached to an aromatic ring is 1. The normalized spacial score (nSPS) is 10.8. The van der Waals surface area contributed by atoms with Crippen LogP contribution in [-0.4, -0.2) is 19.1 Å². The van der Waals surface area contributed by atoms with Gasteiger partial charge in [0.15, 0.2) is 5.13 Å². The van der Waals surface area contributed by atoms with E-state index in [2.05, 4.69) is 4.98 Å². The van der Waals surface area contributed by atoms with E-state index in [0.29, 0.717) is 0 Å². The van der Waals surface area contributed by atoms with Crippen LogP contribution >= 0.6 is 11.3 Å². The van der Waals surface area contributed by atoms with E-state index in [0.717, 1.165) is 26.6 Å². The van der Waals surface area contributed by atoms with Crippen molar-refractivity contribution in [1.82, 2.24) is 4.98 Å². The minimum absolute atomic E-state index is 0.809. The van der Waals surface area contributed by atoms with Gasteiger partial charge < -0.3 is 10.6 Å². The molecule has 0 spiro atoms. The molecule has 2 N–H and O–H groups in total. The smallest absolute Gasteiger partial charge is 0.185 e. The molecular weight excluding hydrogens is 194 g/mol. The van der Waals surface area contributed by atoms with Gasteiger partial charge in [-0.3, -0.25) is 0 Å². The largest absolute Gasteiger partial charge is 0.399 e. The predicted octanol–water partition coefficient (Wildman–Crippen LogP) is 2.25. The zero-order valence-electron chi connectivity index (χ0n) is 8.53. The number of fused-ring (bicyclic) bond motifs is 1. The number of nitrogens with two attached hydrogens (primary N) is 1. The Labute approximate surface area is 87.2 Å². The van der Waals surface area contributed by atoms with E-state index in [1.165, 1.54) is 0 Å². The molecule has 0 atom stereocenters. The van der Waals surface area contributed by atoms with E-state index in [-0.39, 0.29) is 0 Å². The van der Waals surface area contributed by atoms with Crippen molar-refractivity contribution in [3.8, 4) is 0 Å². The molecule has 2 aromatic rings. The molecule has 1 aromatic heterocycles. The van der Waals surface area contributed by atoms with Crippen molar-refractivity contribution in [3.05, 3.63) is 17.7 Å². The quantitative estimate of drug-likeness (QED) is 0.729. The van der Waals surface area contributed by atoms with Crippen LogP contribution in [0.4, 0.5) is 10.8 Å². The highest BCUT2D eigenvalue weighted by Crippen LogP contribution is 2.31. The lowest BCUT2D eigenvalue weighted by atomic mass is 10.2. The molecule has 4 heteroatoms. The van der Waals surface area contributed by atoms with E-state index in [4.69, 9.17) is 5.73 Å². The number of nitrogens with zero attached hydrogens (tertiary/aromatic N) is 2. The van der Waals surface area contributed by atoms with Crippen molar-refractivity contribution in [2.24, 2.45) is 0 Å². The topological polar surface area (TPSA) is 42.1 Å². The van der Waals surface area contributed by atoms with Crippen molar-refractivity contribution in [2.75, 3.05) is 24.7 Å². The number of hydrogen-bond donors (Lipinski definition) is 1. The van der Waals surface area contributed by atoms with E-state index >= 15 is 0 Å². The van der Waals surface area contributed by atoms with Gasteiger partial charge in [0, 0.05) is 19.8 Å². The van der Waals surface area contributed by atoms with E-state index in [1.54, 1.807) is 11.3 Å². The van der Waals surface area contributed by atoms with Crippen molar-refractivity contribution in [2.45, 2.75) is 6.92 Å². The van der Waals surface area contributed by atoms with Crippen LogP contribution in [0.1, 0.15) is 5.56 Å². The maximum atomic E-state index is 5.78. The molecule has 0 aliphatic carbocycles. The lowest BCUT2D eigenvalue weighted by molar-refractivity contribution is 1.11. The second-order valence-electron chi connectivity index (χ2n) is 3.58. The van der Waals surface area contributed by atoms with Crippen LogP contribution in [-0.2, 0) is 0 Å². The summed E-state index contributed by atoms with van der Waals surface area (Å²) < 4.78 is 1.16. The SMILES string of the molecule is Cc1cc(N)cc2sc(N(C)C)nc12. The van der Waals surface area contributed by atoms with Gasteiger partial charge in [-0.2, -0.15) is 0 Å². The summed E-state index contributed by atoms with van der Waals surface area (Å²) >= 11 is 1.67. The van der Waals surface area contributed by atoms with Crippen LogP contribution < -0.4 is 10.6 Å². The Bertz CT molecular complexity index is 473. The number of anilines is 2. The van der Waals surface area contributed by atoms with E-state index in [1.807, 2.05) is 38.1 Å². The molecule has 0 saturated carbocycles. The van der Waals surface area contributed by atoms with Gasteiger partial charge >= 0.3 is 0 Å². The number of rotatable bonds is 1. The fourth-order valence-corrected chi connectivity index (χ4v) is 2.42. The standard InChI is InChI=1S/C10H13N3S/c1-6-4-7(11)5-8-9(6)12-10(14-8)13(2)3/h4-5H,11H2,1-3H3. The molecule has 0 aliphatic heterocycles. The van der Waals surface area contributed by atoms with Gasteiger partial charge in [0.05, 0.1) is 10.2 Å². The third-order valence-electron chi connectivity index (χ3n) is 2.08. The molecule has 0 amide bonds. The first-order chi connectivity index (χ1) is 6.58. The molecule has 3 nitrogen and oxygen atoms in total. The fourth-order valence-electron chi connectivity index (χ4n) is 1.40. The second-order valence-corrected chi connectivity index (χ2v) is 4.58. The van der Waals surface area contributed by atoms with Crippen LogP contribution in [0.3, 0.4) is 0 Å². The Morgan fingerprint density at radius 1 is 1.36 bits per heavy atom. The molecule has 2 rings (SSSR count). The Kier molecular flexibility index (Phi) is 2.07. The first-order valence-electron chi connectivity index (χ1n) is 4.42. The van der Waals surface area contributed by atoms with Crippen LogP contribution in [0, 0.1) is 6.92 Å².